The lowest BCUT2D eigenvalue weighted by molar-refractivity contribution is -0.576. The molecule has 20 heavy (non-hydrogen) atoms. The molecule has 5 fully saturated rings. The van der Waals surface area contributed by atoms with Crippen molar-refractivity contribution in [2.45, 2.75) is 70.4 Å². The summed E-state index contributed by atoms with van der Waals surface area (Å²) < 4.78 is 11.9. The van der Waals surface area contributed by atoms with Crippen LogP contribution in [0.5, 0.6) is 0 Å². The second kappa shape index (κ2) is 4.17. The SMILES string of the molecule is C[C@@H]1CCC2[C@@H](C)[C@@H](O)OC3OC4(C)CCC1[C@]32OO4. The Kier molecular flexibility index (Phi) is 2.81. The van der Waals surface area contributed by atoms with Crippen molar-refractivity contribution < 1.29 is 24.4 Å². The lowest BCUT2D eigenvalue weighted by Gasteiger charge is -2.59. The molecular weight excluding hydrogens is 260 g/mol. The Labute approximate surface area is 119 Å². The van der Waals surface area contributed by atoms with E-state index in [2.05, 4.69) is 6.92 Å². The quantitative estimate of drug-likeness (QED) is 0.691. The molecule has 0 aromatic carbocycles. The van der Waals surface area contributed by atoms with Gasteiger partial charge < -0.3 is 14.6 Å². The largest absolute Gasteiger partial charge is 0.368 e. The highest BCUT2D eigenvalue weighted by atomic mass is 17.3. The molecular formula is C15H24O5. The molecule has 4 aliphatic heterocycles. The van der Waals surface area contributed by atoms with Gasteiger partial charge in [0.05, 0.1) is 0 Å². The fourth-order valence-electron chi connectivity index (χ4n) is 4.89. The molecule has 0 aromatic rings. The number of ether oxygens (including phenoxy) is 2. The molecule has 4 saturated heterocycles. The Morgan fingerprint density at radius 1 is 1.05 bits per heavy atom. The van der Waals surface area contributed by atoms with Crippen LogP contribution in [0.1, 0.15) is 46.5 Å². The van der Waals surface area contributed by atoms with Crippen LogP contribution in [0.3, 0.4) is 0 Å². The highest BCUT2D eigenvalue weighted by Crippen LogP contribution is 2.60. The molecule has 5 nitrogen and oxygen atoms in total. The Morgan fingerprint density at radius 3 is 2.65 bits per heavy atom. The third-order valence-corrected chi connectivity index (χ3v) is 6.12. The van der Waals surface area contributed by atoms with Gasteiger partial charge in [-0.2, -0.15) is 0 Å². The maximum Gasteiger partial charge on any atom is 0.201 e. The third kappa shape index (κ3) is 1.56. The molecule has 0 amide bonds. The Balaban J connectivity index is 1.82. The third-order valence-electron chi connectivity index (χ3n) is 6.12. The molecule has 1 spiro atoms. The molecule has 2 bridgehead atoms. The normalized spacial score (nSPS) is 61.8. The van der Waals surface area contributed by atoms with Crippen molar-refractivity contribution in [1.29, 1.82) is 0 Å². The first-order chi connectivity index (χ1) is 9.46. The topological polar surface area (TPSA) is 57.2 Å². The minimum atomic E-state index is -0.781. The van der Waals surface area contributed by atoms with Crippen molar-refractivity contribution in [1.82, 2.24) is 0 Å². The molecule has 4 unspecified atom stereocenters. The van der Waals surface area contributed by atoms with Crippen molar-refractivity contribution >= 4 is 0 Å². The predicted molar refractivity (Wildman–Crippen MR) is 69.0 cm³/mol. The van der Waals surface area contributed by atoms with Crippen LogP contribution in [0.15, 0.2) is 0 Å². The van der Waals surface area contributed by atoms with Gasteiger partial charge in [0.15, 0.2) is 18.2 Å². The van der Waals surface area contributed by atoms with Crippen LogP contribution in [-0.4, -0.2) is 29.1 Å². The maximum atomic E-state index is 10.2. The van der Waals surface area contributed by atoms with E-state index < -0.39 is 24.0 Å². The number of hydrogen-bond donors (Lipinski definition) is 1. The molecule has 0 radical (unpaired) electrons. The Hall–Kier alpha value is -0.200. The van der Waals surface area contributed by atoms with Crippen molar-refractivity contribution in [2.24, 2.45) is 23.7 Å². The van der Waals surface area contributed by atoms with Crippen LogP contribution in [0.2, 0.25) is 0 Å². The van der Waals surface area contributed by atoms with E-state index in [4.69, 9.17) is 19.2 Å². The smallest absolute Gasteiger partial charge is 0.201 e. The molecule has 114 valence electrons. The zero-order chi connectivity index (χ0) is 14.1. The van der Waals surface area contributed by atoms with Gasteiger partial charge in [-0.15, -0.1) is 0 Å². The van der Waals surface area contributed by atoms with Crippen LogP contribution in [0.4, 0.5) is 0 Å². The van der Waals surface area contributed by atoms with Gasteiger partial charge in [0.2, 0.25) is 5.79 Å². The minimum absolute atomic E-state index is 0.0379. The van der Waals surface area contributed by atoms with Gasteiger partial charge in [0.1, 0.15) is 0 Å². The molecule has 1 aliphatic carbocycles. The molecule has 5 rings (SSSR count). The summed E-state index contributed by atoms with van der Waals surface area (Å²) >= 11 is 0. The number of aliphatic hydroxyl groups is 1. The summed E-state index contributed by atoms with van der Waals surface area (Å²) in [6.07, 6.45) is 2.72. The Bertz CT molecular complexity index is 411. The summed E-state index contributed by atoms with van der Waals surface area (Å²) in [6.45, 7) is 6.22. The summed E-state index contributed by atoms with van der Waals surface area (Å²) in [4.78, 5) is 11.6. The number of fused-ring (bicyclic) bond motifs is 2. The van der Waals surface area contributed by atoms with E-state index in [1.807, 2.05) is 13.8 Å². The molecule has 8 atom stereocenters. The average molecular weight is 284 g/mol. The Morgan fingerprint density at radius 2 is 1.85 bits per heavy atom. The first kappa shape index (κ1) is 13.5. The molecule has 1 saturated carbocycles. The molecule has 5 aliphatic rings. The maximum absolute atomic E-state index is 10.2. The average Bonchev–Trinajstić information content (AvgIpc) is 2.63. The van der Waals surface area contributed by atoms with Crippen molar-refractivity contribution in [2.75, 3.05) is 0 Å². The molecule has 4 heterocycles. The highest BCUT2D eigenvalue weighted by molar-refractivity contribution is 5.08. The van der Waals surface area contributed by atoms with Gasteiger partial charge in [-0.05, 0) is 38.0 Å². The van der Waals surface area contributed by atoms with E-state index in [0.29, 0.717) is 11.8 Å². The van der Waals surface area contributed by atoms with Gasteiger partial charge in [-0.1, -0.05) is 13.8 Å². The van der Waals surface area contributed by atoms with Crippen molar-refractivity contribution in [3.8, 4) is 0 Å². The summed E-state index contributed by atoms with van der Waals surface area (Å²) in [7, 11) is 0. The molecule has 5 heteroatoms. The zero-order valence-electron chi connectivity index (χ0n) is 12.4. The zero-order valence-corrected chi connectivity index (χ0v) is 12.4. The number of aliphatic hydroxyl groups excluding tert-OH is 1. The van der Waals surface area contributed by atoms with E-state index in [1.165, 1.54) is 6.42 Å². The van der Waals surface area contributed by atoms with Gasteiger partial charge in [0.25, 0.3) is 0 Å². The van der Waals surface area contributed by atoms with Crippen molar-refractivity contribution in [3.05, 3.63) is 0 Å². The summed E-state index contributed by atoms with van der Waals surface area (Å²) in [5.41, 5.74) is -0.549. The summed E-state index contributed by atoms with van der Waals surface area (Å²) in [5.74, 6) is 0.437. The van der Waals surface area contributed by atoms with Crippen LogP contribution in [0.25, 0.3) is 0 Å². The first-order valence-corrected chi connectivity index (χ1v) is 7.84. The predicted octanol–water partition coefficient (Wildman–Crippen LogP) is 2.19. The fourth-order valence-corrected chi connectivity index (χ4v) is 4.89. The summed E-state index contributed by atoms with van der Waals surface area (Å²) in [5, 5.41) is 10.2. The summed E-state index contributed by atoms with van der Waals surface area (Å²) in [6, 6.07) is 0. The van der Waals surface area contributed by atoms with E-state index in [0.717, 1.165) is 19.3 Å². The fraction of sp³-hybridized carbons (Fsp3) is 1.00. The minimum Gasteiger partial charge on any atom is -0.368 e. The lowest BCUT2D eigenvalue weighted by Crippen LogP contribution is -2.70. The number of hydrogen-bond acceptors (Lipinski definition) is 5. The van der Waals surface area contributed by atoms with E-state index in [1.54, 1.807) is 0 Å². The second-order valence-electron chi connectivity index (χ2n) is 7.30. The highest BCUT2D eigenvalue weighted by Gasteiger charge is 2.69. The molecule has 0 aromatic heterocycles. The van der Waals surface area contributed by atoms with Crippen LogP contribution in [-0.2, 0) is 19.2 Å². The van der Waals surface area contributed by atoms with Gasteiger partial charge in [-0.3, -0.25) is 0 Å². The van der Waals surface area contributed by atoms with Crippen LogP contribution in [0, 0.1) is 23.7 Å². The van der Waals surface area contributed by atoms with Gasteiger partial charge >= 0.3 is 0 Å². The standard InChI is InChI=1S/C15H24O5/c1-8-4-5-11-9(2)12(16)17-13-15(11)10(8)6-7-14(3,18-13)19-20-15/h8-13,16H,4-7H2,1-3H3/t8-,9-,10?,11?,12+,13?,14?,15-/m1/s1. The monoisotopic (exact) mass is 284 g/mol. The van der Waals surface area contributed by atoms with E-state index in [-0.39, 0.29) is 11.8 Å². The lowest BCUT2D eigenvalue weighted by atomic mass is 9.58. The van der Waals surface area contributed by atoms with Gasteiger partial charge in [-0.25, -0.2) is 9.78 Å². The van der Waals surface area contributed by atoms with Crippen LogP contribution < -0.4 is 0 Å². The van der Waals surface area contributed by atoms with Crippen LogP contribution >= 0.6 is 0 Å². The van der Waals surface area contributed by atoms with E-state index in [9.17, 15) is 5.11 Å². The van der Waals surface area contributed by atoms with E-state index >= 15 is 0 Å². The van der Waals surface area contributed by atoms with Gasteiger partial charge in [0, 0.05) is 18.3 Å². The second-order valence-corrected chi connectivity index (χ2v) is 7.30. The first-order valence-electron chi connectivity index (χ1n) is 7.84. The molecule has 1 N–H and O–H groups in total. The number of rotatable bonds is 0. The van der Waals surface area contributed by atoms with Crippen molar-refractivity contribution in [3.63, 3.8) is 0 Å².